The van der Waals surface area contributed by atoms with Crippen LogP contribution in [0.1, 0.15) is 52.8 Å². The second-order valence-electron chi connectivity index (χ2n) is 16.5. The molecule has 0 saturated carbocycles. The van der Waals surface area contributed by atoms with E-state index in [4.69, 9.17) is 15.0 Å². The Hall–Kier alpha value is -6.33. The van der Waals surface area contributed by atoms with Gasteiger partial charge in [0.15, 0.2) is 5.82 Å². The van der Waals surface area contributed by atoms with Gasteiger partial charge in [-0.15, -0.1) is 0 Å². The third-order valence-corrected chi connectivity index (χ3v) is 10.4. The fourth-order valence-corrected chi connectivity index (χ4v) is 7.29. The summed E-state index contributed by atoms with van der Waals surface area (Å²) in [6.07, 6.45) is 1.90. The number of hydrogen-bond acceptors (Lipinski definition) is 4. The fraction of sp³-hybridized carbons (Fsp3) is 0.180. The van der Waals surface area contributed by atoms with Crippen molar-refractivity contribution < 1.29 is 5.11 Å². The SMILES string of the molecule is Cn1c(-c2nc(C(C)(C)C)cc(C(C)(C)C)c2O)nc2c(-c3cc(-c4ccccc4)cc(-c4cc(-c5ccc(-c6ccccc6)cc5)ccn4)c3)cccc21. The molecule has 0 amide bonds. The van der Waals surface area contributed by atoms with E-state index in [0.717, 1.165) is 66.9 Å². The van der Waals surface area contributed by atoms with Crippen LogP contribution in [0.5, 0.6) is 5.75 Å². The Bertz CT molecular complexity index is 2660. The molecule has 0 spiro atoms. The lowest BCUT2D eigenvalue weighted by Crippen LogP contribution is -2.19. The first-order valence-electron chi connectivity index (χ1n) is 18.9. The molecule has 3 aromatic heterocycles. The number of hydrogen-bond donors (Lipinski definition) is 1. The van der Waals surface area contributed by atoms with E-state index in [2.05, 4.69) is 167 Å². The number of pyridine rings is 2. The molecule has 0 fully saturated rings. The number of aromatic hydroxyl groups is 1. The molecule has 5 aromatic carbocycles. The van der Waals surface area contributed by atoms with Gasteiger partial charge in [-0.3, -0.25) is 4.98 Å². The molecule has 8 rings (SSSR count). The molecule has 0 unspecified atom stereocenters. The monoisotopic (exact) mass is 718 g/mol. The molecule has 0 aliphatic carbocycles. The van der Waals surface area contributed by atoms with Crippen molar-refractivity contribution >= 4 is 11.0 Å². The summed E-state index contributed by atoms with van der Waals surface area (Å²) in [6.45, 7) is 12.8. The van der Waals surface area contributed by atoms with Gasteiger partial charge in [-0.05, 0) is 86.8 Å². The number of benzene rings is 5. The average Bonchev–Trinajstić information content (AvgIpc) is 3.53. The molecule has 55 heavy (non-hydrogen) atoms. The minimum atomic E-state index is -0.289. The minimum Gasteiger partial charge on any atom is -0.505 e. The first-order chi connectivity index (χ1) is 26.3. The van der Waals surface area contributed by atoms with Gasteiger partial charge in [-0.2, -0.15) is 0 Å². The van der Waals surface area contributed by atoms with Gasteiger partial charge in [-0.1, -0.05) is 139 Å². The highest BCUT2D eigenvalue weighted by molar-refractivity contribution is 5.96. The Morgan fingerprint density at radius 2 is 1.09 bits per heavy atom. The Kier molecular flexibility index (Phi) is 8.97. The molecular weight excluding hydrogens is 673 g/mol. The van der Waals surface area contributed by atoms with E-state index in [1.807, 2.05) is 31.4 Å². The molecule has 1 N–H and O–H groups in total. The lowest BCUT2D eigenvalue weighted by atomic mass is 9.82. The second kappa shape index (κ2) is 13.8. The molecule has 0 saturated heterocycles. The van der Waals surface area contributed by atoms with Crippen LogP contribution in [0.15, 0.2) is 146 Å². The lowest BCUT2D eigenvalue weighted by Gasteiger charge is -2.26. The predicted octanol–water partition coefficient (Wildman–Crippen LogP) is 12.7. The zero-order valence-corrected chi connectivity index (χ0v) is 32.6. The highest BCUT2D eigenvalue weighted by atomic mass is 16.3. The van der Waals surface area contributed by atoms with Crippen LogP contribution in [0.3, 0.4) is 0 Å². The number of para-hydroxylation sites is 1. The Labute approximate surface area is 324 Å². The smallest absolute Gasteiger partial charge is 0.163 e. The van der Waals surface area contributed by atoms with Gasteiger partial charge in [0, 0.05) is 41.0 Å². The van der Waals surface area contributed by atoms with Gasteiger partial charge in [0.2, 0.25) is 0 Å². The number of rotatable bonds is 6. The summed E-state index contributed by atoms with van der Waals surface area (Å²) in [5.74, 6) is 0.804. The van der Waals surface area contributed by atoms with Crippen molar-refractivity contribution in [2.24, 2.45) is 7.05 Å². The molecule has 5 nitrogen and oxygen atoms in total. The van der Waals surface area contributed by atoms with Crippen LogP contribution in [0.25, 0.3) is 78.3 Å². The summed E-state index contributed by atoms with van der Waals surface area (Å²) in [4.78, 5) is 15.2. The van der Waals surface area contributed by atoms with Crippen LogP contribution in [-0.4, -0.2) is 24.6 Å². The molecule has 5 heteroatoms. The van der Waals surface area contributed by atoms with E-state index in [9.17, 15) is 5.11 Å². The fourth-order valence-electron chi connectivity index (χ4n) is 7.29. The molecule has 3 heterocycles. The topological polar surface area (TPSA) is 63.8 Å². The summed E-state index contributed by atoms with van der Waals surface area (Å²) in [6, 6.07) is 48.9. The molecule has 0 radical (unpaired) electrons. The summed E-state index contributed by atoms with van der Waals surface area (Å²) in [5, 5.41) is 11.8. The molecular formula is C50H46N4O. The summed E-state index contributed by atoms with van der Waals surface area (Å²) in [7, 11) is 2.00. The van der Waals surface area contributed by atoms with Gasteiger partial charge in [0.25, 0.3) is 0 Å². The summed E-state index contributed by atoms with van der Waals surface area (Å²) in [5.41, 5.74) is 14.3. The van der Waals surface area contributed by atoms with Gasteiger partial charge >= 0.3 is 0 Å². The number of aryl methyl sites for hydroxylation is 1. The quantitative estimate of drug-likeness (QED) is 0.186. The zero-order valence-electron chi connectivity index (χ0n) is 32.6. The molecule has 0 aliphatic rings. The predicted molar refractivity (Wildman–Crippen MR) is 228 cm³/mol. The minimum absolute atomic E-state index is 0.175. The van der Waals surface area contributed by atoms with E-state index >= 15 is 0 Å². The van der Waals surface area contributed by atoms with E-state index in [0.29, 0.717) is 11.5 Å². The van der Waals surface area contributed by atoms with Crippen molar-refractivity contribution in [2.45, 2.75) is 52.4 Å². The van der Waals surface area contributed by atoms with Crippen molar-refractivity contribution in [1.29, 1.82) is 0 Å². The Balaban J connectivity index is 1.27. The largest absolute Gasteiger partial charge is 0.505 e. The molecule has 8 aromatic rings. The number of aromatic nitrogens is 4. The number of nitrogens with zero attached hydrogens (tertiary/aromatic N) is 4. The van der Waals surface area contributed by atoms with Crippen LogP contribution in [0, 0.1) is 0 Å². The Morgan fingerprint density at radius 3 is 1.73 bits per heavy atom. The maximum Gasteiger partial charge on any atom is 0.163 e. The first kappa shape index (κ1) is 35.7. The number of fused-ring (bicyclic) bond motifs is 1. The van der Waals surface area contributed by atoms with Gasteiger partial charge < -0.3 is 9.67 Å². The van der Waals surface area contributed by atoms with Gasteiger partial charge in [0.1, 0.15) is 11.4 Å². The van der Waals surface area contributed by atoms with E-state index < -0.39 is 0 Å². The van der Waals surface area contributed by atoms with Crippen LogP contribution < -0.4 is 0 Å². The molecule has 0 bridgehead atoms. The maximum absolute atomic E-state index is 11.8. The van der Waals surface area contributed by atoms with Crippen LogP contribution in [0.4, 0.5) is 0 Å². The zero-order chi connectivity index (χ0) is 38.5. The van der Waals surface area contributed by atoms with Crippen molar-refractivity contribution in [3.63, 3.8) is 0 Å². The average molecular weight is 719 g/mol. The summed E-state index contributed by atoms with van der Waals surface area (Å²) < 4.78 is 2.05. The molecule has 0 aliphatic heterocycles. The van der Waals surface area contributed by atoms with Crippen molar-refractivity contribution in [3.8, 4) is 73.0 Å². The van der Waals surface area contributed by atoms with E-state index in [1.54, 1.807) is 0 Å². The van der Waals surface area contributed by atoms with Gasteiger partial charge in [0.05, 0.1) is 16.7 Å². The summed E-state index contributed by atoms with van der Waals surface area (Å²) >= 11 is 0. The highest BCUT2D eigenvalue weighted by Crippen LogP contribution is 2.42. The molecule has 272 valence electrons. The highest BCUT2D eigenvalue weighted by Gasteiger charge is 2.29. The maximum atomic E-state index is 11.8. The van der Waals surface area contributed by atoms with E-state index in [-0.39, 0.29) is 16.6 Å². The lowest BCUT2D eigenvalue weighted by molar-refractivity contribution is 0.441. The van der Waals surface area contributed by atoms with Crippen molar-refractivity contribution in [1.82, 2.24) is 19.5 Å². The first-order valence-corrected chi connectivity index (χ1v) is 18.9. The van der Waals surface area contributed by atoms with Crippen LogP contribution in [-0.2, 0) is 17.9 Å². The Morgan fingerprint density at radius 1 is 0.509 bits per heavy atom. The second-order valence-corrected chi connectivity index (χ2v) is 16.5. The van der Waals surface area contributed by atoms with Gasteiger partial charge in [-0.25, -0.2) is 9.97 Å². The third-order valence-electron chi connectivity index (χ3n) is 10.4. The standard InChI is InChI=1S/C50H46N4O/c1-49(2,3)41-31-44(50(4,5)6)52-46(47(41)55)48-53-45-40(19-14-20-43(45)54(48)7)38-27-37(33-17-12-9-13-18-33)28-39(29-38)42-30-36(25-26-51-42)35-23-21-34(22-24-35)32-15-10-8-11-16-32/h8-31,55H,1-7H3. The third kappa shape index (κ3) is 6.94. The van der Waals surface area contributed by atoms with Crippen molar-refractivity contribution in [3.05, 3.63) is 157 Å². The normalized spacial score (nSPS) is 12.0. The number of imidazole rings is 1. The molecule has 0 atom stereocenters. The van der Waals surface area contributed by atoms with Crippen LogP contribution in [0.2, 0.25) is 0 Å². The van der Waals surface area contributed by atoms with E-state index in [1.165, 1.54) is 11.1 Å². The van der Waals surface area contributed by atoms with Crippen molar-refractivity contribution in [2.75, 3.05) is 0 Å². The van der Waals surface area contributed by atoms with Crippen LogP contribution >= 0.6 is 0 Å².